The highest BCUT2D eigenvalue weighted by Gasteiger charge is 2.34. The summed E-state index contributed by atoms with van der Waals surface area (Å²) in [6.45, 7) is 0. The highest BCUT2D eigenvalue weighted by Crippen LogP contribution is 2.37. The van der Waals surface area contributed by atoms with E-state index in [0.29, 0.717) is 6.42 Å². The van der Waals surface area contributed by atoms with Gasteiger partial charge in [0, 0.05) is 54.7 Å². The summed E-state index contributed by atoms with van der Waals surface area (Å²) in [7, 11) is 4.05. The van der Waals surface area contributed by atoms with E-state index >= 15 is 0 Å². The lowest BCUT2D eigenvalue weighted by Crippen LogP contribution is -2.49. The number of nitrogens with one attached hydrogen (secondary N) is 1. The third kappa shape index (κ3) is 4.13. The number of fused-ring (bicyclic) bond motifs is 1. The standard InChI is InChI=1S/C23H29N3O2S/c1-25(2)18-13-22(29-15-18)26(17-8-4-3-5-9-17)21(23(27)28)12-16-14-24-20-11-7-6-10-19(16)20/h6-7,10-11,13-15,17,21,24H,3-5,8-9,12H2,1-2H3,(H,27,28). The molecule has 0 saturated heterocycles. The van der Waals surface area contributed by atoms with Crippen molar-refractivity contribution in [3.05, 3.63) is 47.5 Å². The summed E-state index contributed by atoms with van der Waals surface area (Å²) >= 11 is 1.65. The first kappa shape index (κ1) is 19.8. The van der Waals surface area contributed by atoms with Crippen molar-refractivity contribution in [3.63, 3.8) is 0 Å². The maximum atomic E-state index is 12.5. The molecule has 0 bridgehead atoms. The Bertz CT molecular complexity index is 971. The van der Waals surface area contributed by atoms with Crippen LogP contribution in [0.4, 0.5) is 10.7 Å². The number of rotatable bonds is 7. The predicted molar refractivity (Wildman–Crippen MR) is 121 cm³/mol. The van der Waals surface area contributed by atoms with E-state index in [-0.39, 0.29) is 6.04 Å². The highest BCUT2D eigenvalue weighted by molar-refractivity contribution is 7.14. The topological polar surface area (TPSA) is 59.6 Å². The number of aromatic amines is 1. The Morgan fingerprint density at radius 1 is 1.24 bits per heavy atom. The Labute approximate surface area is 176 Å². The van der Waals surface area contributed by atoms with Crippen molar-refractivity contribution in [1.29, 1.82) is 0 Å². The van der Waals surface area contributed by atoms with Crippen LogP contribution in [0.5, 0.6) is 0 Å². The Hall–Kier alpha value is -2.47. The summed E-state index contributed by atoms with van der Waals surface area (Å²) in [6.07, 6.45) is 8.18. The number of hydrogen-bond acceptors (Lipinski definition) is 4. The number of aliphatic carboxylic acids is 1. The number of anilines is 2. The molecule has 2 N–H and O–H groups in total. The fourth-order valence-corrected chi connectivity index (χ4v) is 5.55. The maximum absolute atomic E-state index is 12.5. The molecule has 1 aliphatic carbocycles. The van der Waals surface area contributed by atoms with Crippen LogP contribution in [0, 0.1) is 0 Å². The van der Waals surface area contributed by atoms with Gasteiger partial charge in [-0.2, -0.15) is 0 Å². The zero-order chi connectivity index (χ0) is 20.4. The second-order valence-corrected chi connectivity index (χ2v) is 9.04. The normalized spacial score (nSPS) is 16.1. The zero-order valence-electron chi connectivity index (χ0n) is 17.1. The lowest BCUT2D eigenvalue weighted by Gasteiger charge is -2.39. The van der Waals surface area contributed by atoms with Gasteiger partial charge in [-0.15, -0.1) is 11.3 Å². The predicted octanol–water partition coefficient (Wildman–Crippen LogP) is 5.13. The number of H-pyrrole nitrogens is 1. The average Bonchev–Trinajstić information content (AvgIpc) is 3.36. The van der Waals surface area contributed by atoms with Gasteiger partial charge in [-0.05, 0) is 30.5 Å². The fraction of sp³-hybridized carbons (Fsp3) is 0.435. The van der Waals surface area contributed by atoms with Crippen LogP contribution < -0.4 is 9.80 Å². The fourth-order valence-electron chi connectivity index (χ4n) is 4.45. The lowest BCUT2D eigenvalue weighted by atomic mass is 9.92. The molecule has 2 heterocycles. The van der Waals surface area contributed by atoms with Crippen molar-refractivity contribution >= 4 is 38.9 Å². The molecule has 4 rings (SSSR count). The number of thiophene rings is 1. The van der Waals surface area contributed by atoms with Crippen LogP contribution in [0.2, 0.25) is 0 Å². The number of aromatic nitrogens is 1. The molecular formula is C23H29N3O2S. The molecular weight excluding hydrogens is 382 g/mol. The molecule has 1 aliphatic rings. The molecule has 3 aromatic rings. The molecule has 0 spiro atoms. The summed E-state index contributed by atoms with van der Waals surface area (Å²) in [4.78, 5) is 20.1. The maximum Gasteiger partial charge on any atom is 0.326 e. The van der Waals surface area contributed by atoms with E-state index in [0.717, 1.165) is 40.0 Å². The van der Waals surface area contributed by atoms with Gasteiger partial charge in [-0.3, -0.25) is 0 Å². The van der Waals surface area contributed by atoms with Crippen LogP contribution in [0.25, 0.3) is 10.9 Å². The first-order valence-corrected chi connectivity index (χ1v) is 11.2. The van der Waals surface area contributed by atoms with E-state index in [4.69, 9.17) is 0 Å². The largest absolute Gasteiger partial charge is 0.480 e. The van der Waals surface area contributed by atoms with Gasteiger partial charge in [0.2, 0.25) is 0 Å². The highest BCUT2D eigenvalue weighted by atomic mass is 32.1. The summed E-state index contributed by atoms with van der Waals surface area (Å²) in [5.74, 6) is -0.749. The van der Waals surface area contributed by atoms with Crippen molar-refractivity contribution in [2.45, 2.75) is 50.6 Å². The van der Waals surface area contributed by atoms with Crippen molar-refractivity contribution in [2.24, 2.45) is 0 Å². The molecule has 0 amide bonds. The minimum atomic E-state index is -0.749. The SMILES string of the molecule is CN(C)c1csc(N(C2CCCCC2)C(Cc2c[nH]c3ccccc23)C(=O)O)c1. The molecule has 2 aromatic heterocycles. The van der Waals surface area contributed by atoms with E-state index in [1.165, 1.54) is 19.3 Å². The van der Waals surface area contributed by atoms with E-state index in [9.17, 15) is 9.90 Å². The number of carbonyl (C=O) groups is 1. The van der Waals surface area contributed by atoms with Crippen LogP contribution in [-0.2, 0) is 11.2 Å². The van der Waals surface area contributed by atoms with Gasteiger partial charge in [-0.25, -0.2) is 4.79 Å². The first-order valence-electron chi connectivity index (χ1n) is 10.4. The molecule has 1 fully saturated rings. The minimum Gasteiger partial charge on any atom is -0.480 e. The Morgan fingerprint density at radius 2 is 2.00 bits per heavy atom. The van der Waals surface area contributed by atoms with Gasteiger partial charge >= 0.3 is 5.97 Å². The quantitative estimate of drug-likeness (QED) is 0.566. The number of hydrogen-bond donors (Lipinski definition) is 2. The smallest absolute Gasteiger partial charge is 0.326 e. The van der Waals surface area contributed by atoms with Crippen molar-refractivity contribution in [1.82, 2.24) is 4.98 Å². The van der Waals surface area contributed by atoms with Gasteiger partial charge in [0.1, 0.15) is 6.04 Å². The van der Waals surface area contributed by atoms with Crippen molar-refractivity contribution in [3.8, 4) is 0 Å². The summed E-state index contributed by atoms with van der Waals surface area (Å²) in [5, 5.41) is 14.6. The van der Waals surface area contributed by atoms with Crippen LogP contribution in [-0.4, -0.2) is 42.2 Å². The lowest BCUT2D eigenvalue weighted by molar-refractivity contribution is -0.138. The number of nitrogens with zero attached hydrogens (tertiary/aromatic N) is 2. The molecule has 1 atom stereocenters. The van der Waals surface area contributed by atoms with Gasteiger partial charge < -0.3 is 19.9 Å². The number of carboxylic acid groups (broad SMARTS) is 1. The van der Waals surface area contributed by atoms with Gasteiger partial charge in [0.25, 0.3) is 0 Å². The van der Waals surface area contributed by atoms with E-state index in [1.54, 1.807) is 11.3 Å². The zero-order valence-corrected chi connectivity index (χ0v) is 17.9. The second-order valence-electron chi connectivity index (χ2n) is 8.15. The Balaban J connectivity index is 1.71. The van der Waals surface area contributed by atoms with E-state index in [1.807, 2.05) is 38.5 Å². The van der Waals surface area contributed by atoms with E-state index < -0.39 is 12.0 Å². The van der Waals surface area contributed by atoms with Crippen LogP contribution in [0.1, 0.15) is 37.7 Å². The minimum absolute atomic E-state index is 0.281. The van der Waals surface area contributed by atoms with Gasteiger partial charge in [0.05, 0.1) is 5.00 Å². The van der Waals surface area contributed by atoms with E-state index in [2.05, 4.69) is 32.3 Å². The molecule has 5 nitrogen and oxygen atoms in total. The average molecular weight is 412 g/mol. The number of carboxylic acids is 1. The molecule has 0 radical (unpaired) electrons. The summed E-state index contributed by atoms with van der Waals surface area (Å²) in [5.41, 5.74) is 3.25. The first-order chi connectivity index (χ1) is 14.0. The monoisotopic (exact) mass is 411 g/mol. The molecule has 6 heteroatoms. The molecule has 29 heavy (non-hydrogen) atoms. The molecule has 0 aliphatic heterocycles. The van der Waals surface area contributed by atoms with Crippen LogP contribution >= 0.6 is 11.3 Å². The van der Waals surface area contributed by atoms with Gasteiger partial charge in [-0.1, -0.05) is 37.5 Å². The molecule has 154 valence electrons. The number of para-hydroxylation sites is 1. The second kappa shape index (κ2) is 8.49. The van der Waals surface area contributed by atoms with Crippen LogP contribution in [0.15, 0.2) is 41.9 Å². The third-order valence-electron chi connectivity index (χ3n) is 6.02. The van der Waals surface area contributed by atoms with Crippen molar-refractivity contribution in [2.75, 3.05) is 23.9 Å². The summed E-state index contributed by atoms with van der Waals surface area (Å²) < 4.78 is 0. The van der Waals surface area contributed by atoms with Gasteiger partial charge in [0.15, 0.2) is 0 Å². The van der Waals surface area contributed by atoms with Crippen molar-refractivity contribution < 1.29 is 9.90 Å². The third-order valence-corrected chi connectivity index (χ3v) is 6.95. The molecule has 1 aromatic carbocycles. The summed E-state index contributed by atoms with van der Waals surface area (Å²) in [6, 6.07) is 9.97. The van der Waals surface area contributed by atoms with Crippen LogP contribution in [0.3, 0.4) is 0 Å². The molecule has 1 saturated carbocycles. The molecule has 1 unspecified atom stereocenters. The Kier molecular flexibility index (Phi) is 5.81. The number of benzene rings is 1. The Morgan fingerprint density at radius 3 is 2.69 bits per heavy atom.